The smallest absolute Gasteiger partial charge is 0.250 e. The van der Waals surface area contributed by atoms with Gasteiger partial charge in [-0.25, -0.2) is 5.43 Å². The molecule has 1 amide bonds. The van der Waals surface area contributed by atoms with Crippen molar-refractivity contribution in [3.63, 3.8) is 0 Å². The van der Waals surface area contributed by atoms with Gasteiger partial charge in [0.15, 0.2) is 11.0 Å². The van der Waals surface area contributed by atoms with E-state index in [0.29, 0.717) is 24.0 Å². The lowest BCUT2D eigenvalue weighted by Crippen LogP contribution is -2.20. The number of halogens is 1. The average Bonchev–Trinajstić information content (AvgIpc) is 3.29. The lowest BCUT2D eigenvalue weighted by molar-refractivity contribution is -0.118. The number of benzene rings is 3. The number of para-hydroxylation sites is 1. The molecule has 0 atom stereocenters. The van der Waals surface area contributed by atoms with E-state index in [4.69, 9.17) is 4.74 Å². The summed E-state index contributed by atoms with van der Waals surface area (Å²) in [6, 6.07) is 25.1. The molecule has 1 aromatic heterocycles. The highest BCUT2D eigenvalue weighted by Gasteiger charge is 2.13. The van der Waals surface area contributed by atoms with E-state index in [0.717, 1.165) is 22.8 Å². The van der Waals surface area contributed by atoms with Crippen molar-refractivity contribution in [3.05, 3.63) is 106 Å². The Balaban J connectivity index is 1.28. The van der Waals surface area contributed by atoms with Gasteiger partial charge in [-0.1, -0.05) is 48.2 Å². The Kier molecular flexibility index (Phi) is 9.72. The monoisotopic (exact) mass is 624 g/mol. The second kappa shape index (κ2) is 13.6. The summed E-state index contributed by atoms with van der Waals surface area (Å²) in [6.07, 6.45) is 3.36. The second-order valence-electron chi connectivity index (χ2n) is 7.73. The number of hydrogen-bond acceptors (Lipinski definition) is 7. The van der Waals surface area contributed by atoms with Crippen LogP contribution in [0, 0.1) is 3.57 Å². The molecule has 188 valence electrons. The third-order valence-electron chi connectivity index (χ3n) is 4.97. The number of nitrogens with zero attached hydrogens (tertiary/aromatic N) is 4. The van der Waals surface area contributed by atoms with Crippen LogP contribution in [0.25, 0.3) is 0 Å². The van der Waals surface area contributed by atoms with Crippen molar-refractivity contribution in [1.82, 2.24) is 20.2 Å². The van der Waals surface area contributed by atoms with Crippen LogP contribution < -0.4 is 15.5 Å². The number of hydrazone groups is 1. The van der Waals surface area contributed by atoms with Gasteiger partial charge in [0, 0.05) is 15.8 Å². The van der Waals surface area contributed by atoms with E-state index in [1.165, 1.54) is 15.3 Å². The number of anilines is 1. The molecule has 0 aliphatic heterocycles. The van der Waals surface area contributed by atoms with Crippen LogP contribution in [0.15, 0.2) is 102 Å². The van der Waals surface area contributed by atoms with Crippen LogP contribution in [0.3, 0.4) is 0 Å². The Labute approximate surface area is 233 Å². The number of carbonyl (C=O) groups is 1. The Morgan fingerprint density at radius 3 is 2.62 bits per heavy atom. The van der Waals surface area contributed by atoms with E-state index in [2.05, 4.69) is 55.2 Å². The predicted molar refractivity (Wildman–Crippen MR) is 156 cm³/mol. The molecule has 0 unspecified atom stereocenters. The highest BCUT2D eigenvalue weighted by atomic mass is 127. The van der Waals surface area contributed by atoms with E-state index < -0.39 is 0 Å². The zero-order valence-corrected chi connectivity index (χ0v) is 22.9. The number of amides is 1. The molecule has 0 fully saturated rings. The minimum Gasteiger partial charge on any atom is -0.457 e. The zero-order valence-electron chi connectivity index (χ0n) is 19.9. The Hall–Kier alpha value is -3.64. The number of carbonyl (C=O) groups excluding carboxylic acids is 1. The molecule has 4 rings (SSSR count). The fraction of sp³-hybridized carbons (Fsp3) is 0.111. The molecule has 4 aromatic rings. The van der Waals surface area contributed by atoms with Crippen molar-refractivity contribution in [1.29, 1.82) is 0 Å². The van der Waals surface area contributed by atoms with E-state index in [1.807, 2.05) is 83.4 Å². The van der Waals surface area contributed by atoms with E-state index in [1.54, 1.807) is 12.3 Å². The number of thioether (sulfide) groups is 1. The molecule has 10 heteroatoms. The van der Waals surface area contributed by atoms with Gasteiger partial charge in [0.05, 0.1) is 18.5 Å². The highest BCUT2D eigenvalue weighted by molar-refractivity contribution is 14.1. The second-order valence-corrected chi connectivity index (χ2v) is 9.92. The number of aromatic nitrogens is 3. The van der Waals surface area contributed by atoms with Crippen LogP contribution in [0.2, 0.25) is 0 Å². The zero-order chi connectivity index (χ0) is 25.9. The van der Waals surface area contributed by atoms with Crippen molar-refractivity contribution in [2.45, 2.75) is 18.2 Å². The fourth-order valence-electron chi connectivity index (χ4n) is 3.24. The summed E-state index contributed by atoms with van der Waals surface area (Å²) < 4.78 is 8.94. The van der Waals surface area contributed by atoms with Gasteiger partial charge in [-0.15, -0.1) is 16.8 Å². The molecule has 0 spiro atoms. The fourth-order valence-corrected chi connectivity index (χ4v) is 4.36. The Bertz CT molecular complexity index is 1360. The SMILES string of the molecule is C=CCn1c(CNc2ccc(I)cc2)nnc1SCC(=O)N/N=C\c1cccc(Oc2ccccc2)c1. The maximum atomic E-state index is 12.4. The molecule has 0 bridgehead atoms. The van der Waals surface area contributed by atoms with Crippen LogP contribution >= 0.6 is 34.4 Å². The van der Waals surface area contributed by atoms with E-state index in [-0.39, 0.29) is 11.7 Å². The number of nitrogens with one attached hydrogen (secondary N) is 2. The summed E-state index contributed by atoms with van der Waals surface area (Å²) in [5.41, 5.74) is 4.36. The number of allylic oxidation sites excluding steroid dienone is 1. The standard InChI is InChI=1S/C27H25IN6O2S/c1-2-15-34-25(18-29-22-13-11-21(28)12-14-22)31-33-27(34)37-19-26(35)32-30-17-20-7-6-10-24(16-20)36-23-8-4-3-5-9-23/h2-14,16-17,29H,1,15,18-19H2,(H,32,35)/b30-17-. The van der Waals surface area contributed by atoms with Crippen LogP contribution in [-0.2, 0) is 17.9 Å². The van der Waals surface area contributed by atoms with Gasteiger partial charge in [0.25, 0.3) is 5.91 Å². The molecule has 0 radical (unpaired) electrons. The van der Waals surface area contributed by atoms with Crippen LogP contribution in [0.1, 0.15) is 11.4 Å². The molecule has 37 heavy (non-hydrogen) atoms. The Morgan fingerprint density at radius 2 is 1.84 bits per heavy atom. The number of ether oxygens (including phenoxy) is 1. The minimum absolute atomic E-state index is 0.147. The van der Waals surface area contributed by atoms with Crippen LogP contribution in [0.4, 0.5) is 5.69 Å². The molecule has 0 saturated carbocycles. The van der Waals surface area contributed by atoms with E-state index in [9.17, 15) is 4.79 Å². The third kappa shape index (κ3) is 8.19. The molecule has 2 N–H and O–H groups in total. The lowest BCUT2D eigenvalue weighted by atomic mass is 10.2. The highest BCUT2D eigenvalue weighted by Crippen LogP contribution is 2.21. The average molecular weight is 625 g/mol. The van der Waals surface area contributed by atoms with Crippen molar-refractivity contribution in [3.8, 4) is 11.5 Å². The molecule has 1 heterocycles. The Morgan fingerprint density at radius 1 is 1.05 bits per heavy atom. The van der Waals surface area contributed by atoms with Crippen LogP contribution in [0.5, 0.6) is 11.5 Å². The van der Waals surface area contributed by atoms with Gasteiger partial charge in [-0.2, -0.15) is 5.10 Å². The predicted octanol–water partition coefficient (Wildman–Crippen LogP) is 5.72. The van der Waals surface area contributed by atoms with Gasteiger partial charge < -0.3 is 14.6 Å². The summed E-state index contributed by atoms with van der Waals surface area (Å²) in [5.74, 6) is 2.10. The first kappa shape index (κ1) is 26.4. The molecule has 0 aliphatic rings. The number of rotatable bonds is 12. The quantitative estimate of drug-likeness (QED) is 0.0690. The van der Waals surface area contributed by atoms with E-state index >= 15 is 0 Å². The summed E-state index contributed by atoms with van der Waals surface area (Å²) in [7, 11) is 0. The largest absolute Gasteiger partial charge is 0.457 e. The van der Waals surface area contributed by atoms with Gasteiger partial charge in [0.1, 0.15) is 11.5 Å². The molecular weight excluding hydrogens is 599 g/mol. The van der Waals surface area contributed by atoms with Gasteiger partial charge in [-0.05, 0) is 76.7 Å². The third-order valence-corrected chi connectivity index (χ3v) is 6.66. The first-order valence-electron chi connectivity index (χ1n) is 11.4. The summed E-state index contributed by atoms with van der Waals surface area (Å²) in [6.45, 7) is 4.87. The normalized spacial score (nSPS) is 10.8. The molecular formula is C27H25IN6O2S. The van der Waals surface area contributed by atoms with Crippen LogP contribution in [-0.4, -0.2) is 32.6 Å². The number of hydrogen-bond donors (Lipinski definition) is 2. The molecule has 0 saturated heterocycles. The van der Waals surface area contributed by atoms with Crippen molar-refractivity contribution in [2.75, 3.05) is 11.1 Å². The first-order chi connectivity index (χ1) is 18.1. The van der Waals surface area contributed by atoms with Gasteiger partial charge in [-0.3, -0.25) is 4.79 Å². The maximum Gasteiger partial charge on any atom is 0.250 e. The summed E-state index contributed by atoms with van der Waals surface area (Å²) in [4.78, 5) is 12.4. The summed E-state index contributed by atoms with van der Waals surface area (Å²) >= 11 is 3.57. The first-order valence-corrected chi connectivity index (χ1v) is 13.5. The summed E-state index contributed by atoms with van der Waals surface area (Å²) in [5, 5.41) is 16.6. The van der Waals surface area contributed by atoms with Crippen molar-refractivity contribution < 1.29 is 9.53 Å². The van der Waals surface area contributed by atoms with Crippen molar-refractivity contribution in [2.24, 2.45) is 5.10 Å². The molecule has 3 aromatic carbocycles. The van der Waals surface area contributed by atoms with Gasteiger partial charge in [0.2, 0.25) is 0 Å². The minimum atomic E-state index is -0.246. The van der Waals surface area contributed by atoms with Gasteiger partial charge >= 0.3 is 0 Å². The lowest BCUT2D eigenvalue weighted by Gasteiger charge is -2.09. The molecule has 8 nitrogen and oxygen atoms in total. The topological polar surface area (TPSA) is 93.4 Å². The maximum absolute atomic E-state index is 12.4. The molecule has 0 aliphatic carbocycles. The van der Waals surface area contributed by atoms with Crippen molar-refractivity contribution >= 4 is 52.2 Å².